The number of carboxylic acid groups (broad SMARTS) is 1. The number of carboxylic acids is 1. The quantitative estimate of drug-likeness (QED) is 0.802. The molecule has 0 bridgehead atoms. The van der Waals surface area contributed by atoms with Gasteiger partial charge in [0.1, 0.15) is 6.26 Å². The number of aromatic carboxylic acids is 1. The van der Waals surface area contributed by atoms with Gasteiger partial charge < -0.3 is 9.52 Å². The lowest BCUT2D eigenvalue weighted by atomic mass is 10.0. The average molecular weight is 195 g/mol. The predicted molar refractivity (Wildman–Crippen MR) is 49.1 cm³/mol. The van der Waals surface area contributed by atoms with Crippen LogP contribution in [0.1, 0.15) is 42.1 Å². The molecule has 0 spiro atoms. The van der Waals surface area contributed by atoms with Gasteiger partial charge in [0.25, 0.3) is 0 Å². The van der Waals surface area contributed by atoms with Crippen LogP contribution in [-0.2, 0) is 6.42 Å². The van der Waals surface area contributed by atoms with Crippen LogP contribution in [0.5, 0.6) is 0 Å². The van der Waals surface area contributed by atoms with E-state index in [0.29, 0.717) is 11.8 Å². The number of aromatic nitrogens is 1. The maximum absolute atomic E-state index is 10.5. The summed E-state index contributed by atoms with van der Waals surface area (Å²) in [7, 11) is 0. The summed E-state index contributed by atoms with van der Waals surface area (Å²) < 4.78 is 5.10. The van der Waals surface area contributed by atoms with Gasteiger partial charge in [0, 0.05) is 6.42 Å². The average Bonchev–Trinajstić information content (AvgIpc) is 2.75. The molecule has 0 saturated heterocycles. The molecule has 1 saturated carbocycles. The standard InChI is InChI=1S/C10H13NO3/c12-10(13)8-6-14-9(11-8)5-7-3-1-2-4-7/h6-7H,1-5H2,(H,12,13). The molecule has 0 unspecified atom stereocenters. The van der Waals surface area contributed by atoms with Crippen molar-refractivity contribution >= 4 is 5.97 Å². The maximum atomic E-state index is 10.5. The highest BCUT2D eigenvalue weighted by molar-refractivity contribution is 5.84. The Morgan fingerprint density at radius 3 is 2.86 bits per heavy atom. The highest BCUT2D eigenvalue weighted by Crippen LogP contribution is 2.27. The number of hydrogen-bond acceptors (Lipinski definition) is 3. The third kappa shape index (κ3) is 1.95. The van der Waals surface area contributed by atoms with Crippen molar-refractivity contribution < 1.29 is 14.3 Å². The normalized spacial score (nSPS) is 17.4. The van der Waals surface area contributed by atoms with Crippen molar-refractivity contribution in [3.05, 3.63) is 17.8 Å². The number of oxazole rings is 1. The van der Waals surface area contributed by atoms with Crippen LogP contribution < -0.4 is 0 Å². The fourth-order valence-electron chi connectivity index (χ4n) is 1.96. The van der Waals surface area contributed by atoms with Crippen molar-refractivity contribution in [2.24, 2.45) is 5.92 Å². The van der Waals surface area contributed by atoms with Crippen LogP contribution in [-0.4, -0.2) is 16.1 Å². The smallest absolute Gasteiger partial charge is 0.357 e. The second kappa shape index (κ2) is 3.82. The third-order valence-electron chi connectivity index (χ3n) is 2.71. The van der Waals surface area contributed by atoms with Crippen LogP contribution in [0.4, 0.5) is 0 Å². The minimum Gasteiger partial charge on any atom is -0.476 e. The van der Waals surface area contributed by atoms with E-state index in [1.54, 1.807) is 0 Å². The van der Waals surface area contributed by atoms with Crippen LogP contribution in [0.2, 0.25) is 0 Å². The summed E-state index contributed by atoms with van der Waals surface area (Å²) in [6, 6.07) is 0. The summed E-state index contributed by atoms with van der Waals surface area (Å²) in [6.07, 6.45) is 6.98. The van der Waals surface area contributed by atoms with Crippen molar-refractivity contribution in [1.82, 2.24) is 4.98 Å². The molecule has 0 radical (unpaired) electrons. The van der Waals surface area contributed by atoms with E-state index in [0.717, 1.165) is 6.42 Å². The van der Waals surface area contributed by atoms with E-state index < -0.39 is 5.97 Å². The lowest BCUT2D eigenvalue weighted by Crippen LogP contribution is -2.01. The van der Waals surface area contributed by atoms with E-state index in [1.165, 1.54) is 31.9 Å². The number of hydrogen-bond donors (Lipinski definition) is 1. The number of rotatable bonds is 3. The van der Waals surface area contributed by atoms with Gasteiger partial charge in [-0.3, -0.25) is 0 Å². The van der Waals surface area contributed by atoms with Crippen molar-refractivity contribution in [1.29, 1.82) is 0 Å². The minimum absolute atomic E-state index is 0.0120. The van der Waals surface area contributed by atoms with E-state index in [1.807, 2.05) is 0 Å². The molecular weight excluding hydrogens is 182 g/mol. The van der Waals surface area contributed by atoms with E-state index >= 15 is 0 Å². The molecule has 0 aromatic carbocycles. The fraction of sp³-hybridized carbons (Fsp3) is 0.600. The molecule has 0 amide bonds. The van der Waals surface area contributed by atoms with Gasteiger partial charge in [-0.25, -0.2) is 9.78 Å². The van der Waals surface area contributed by atoms with E-state index in [9.17, 15) is 4.79 Å². The van der Waals surface area contributed by atoms with Gasteiger partial charge in [0.2, 0.25) is 0 Å². The van der Waals surface area contributed by atoms with Gasteiger partial charge in [-0.05, 0) is 18.8 Å². The molecular formula is C10H13NO3. The Hall–Kier alpha value is -1.32. The van der Waals surface area contributed by atoms with Gasteiger partial charge in [-0.1, -0.05) is 12.8 Å². The van der Waals surface area contributed by atoms with E-state index in [-0.39, 0.29) is 5.69 Å². The van der Waals surface area contributed by atoms with E-state index in [4.69, 9.17) is 9.52 Å². The van der Waals surface area contributed by atoms with Crippen molar-refractivity contribution in [3.8, 4) is 0 Å². The highest BCUT2D eigenvalue weighted by atomic mass is 16.4. The molecule has 1 aliphatic carbocycles. The molecule has 2 rings (SSSR count). The largest absolute Gasteiger partial charge is 0.476 e. The molecule has 4 heteroatoms. The highest BCUT2D eigenvalue weighted by Gasteiger charge is 2.19. The molecule has 4 nitrogen and oxygen atoms in total. The Bertz CT molecular complexity index is 326. The van der Waals surface area contributed by atoms with Crippen molar-refractivity contribution in [2.45, 2.75) is 32.1 Å². The molecule has 1 fully saturated rings. The van der Waals surface area contributed by atoms with Gasteiger partial charge in [0.15, 0.2) is 11.6 Å². The molecule has 14 heavy (non-hydrogen) atoms. The molecule has 1 N–H and O–H groups in total. The molecule has 1 heterocycles. The topological polar surface area (TPSA) is 63.3 Å². The summed E-state index contributed by atoms with van der Waals surface area (Å²) in [4.78, 5) is 14.4. The molecule has 1 aliphatic rings. The Morgan fingerprint density at radius 2 is 2.29 bits per heavy atom. The molecule has 0 atom stereocenters. The summed E-state index contributed by atoms with van der Waals surface area (Å²) in [5, 5.41) is 8.64. The predicted octanol–water partition coefficient (Wildman–Crippen LogP) is 2.11. The first kappa shape index (κ1) is 9.24. The SMILES string of the molecule is O=C(O)c1coc(CC2CCCC2)n1. The maximum Gasteiger partial charge on any atom is 0.357 e. The lowest BCUT2D eigenvalue weighted by molar-refractivity contribution is 0.0690. The van der Waals surface area contributed by atoms with Gasteiger partial charge in [0.05, 0.1) is 0 Å². The van der Waals surface area contributed by atoms with Crippen LogP contribution in [0, 0.1) is 5.92 Å². The van der Waals surface area contributed by atoms with Crippen LogP contribution in [0.15, 0.2) is 10.7 Å². The second-order valence-electron chi connectivity index (χ2n) is 3.79. The summed E-state index contributed by atoms with van der Waals surface area (Å²) in [5.74, 6) is 0.177. The fourth-order valence-corrected chi connectivity index (χ4v) is 1.96. The lowest BCUT2D eigenvalue weighted by Gasteiger charge is -2.03. The van der Waals surface area contributed by atoms with Crippen LogP contribution in [0.25, 0.3) is 0 Å². The Morgan fingerprint density at radius 1 is 1.57 bits per heavy atom. The zero-order chi connectivity index (χ0) is 9.97. The Labute approximate surface area is 81.9 Å². The van der Waals surface area contributed by atoms with Gasteiger partial charge >= 0.3 is 5.97 Å². The molecule has 1 aromatic heterocycles. The molecule has 0 aliphatic heterocycles. The van der Waals surface area contributed by atoms with Crippen molar-refractivity contribution in [3.63, 3.8) is 0 Å². The first-order valence-electron chi connectivity index (χ1n) is 4.93. The Kier molecular flexibility index (Phi) is 2.52. The van der Waals surface area contributed by atoms with Gasteiger partial charge in [-0.2, -0.15) is 0 Å². The zero-order valence-electron chi connectivity index (χ0n) is 7.90. The summed E-state index contributed by atoms with van der Waals surface area (Å²) >= 11 is 0. The molecule has 76 valence electrons. The van der Waals surface area contributed by atoms with Crippen LogP contribution >= 0.6 is 0 Å². The third-order valence-corrected chi connectivity index (χ3v) is 2.71. The van der Waals surface area contributed by atoms with E-state index in [2.05, 4.69) is 4.98 Å². The van der Waals surface area contributed by atoms with Crippen LogP contribution in [0.3, 0.4) is 0 Å². The summed E-state index contributed by atoms with van der Waals surface area (Å²) in [6.45, 7) is 0. The van der Waals surface area contributed by atoms with Gasteiger partial charge in [-0.15, -0.1) is 0 Å². The number of nitrogens with zero attached hydrogens (tertiary/aromatic N) is 1. The Balaban J connectivity index is 1.98. The zero-order valence-corrected chi connectivity index (χ0v) is 7.90. The molecule has 1 aromatic rings. The number of carbonyl (C=O) groups is 1. The monoisotopic (exact) mass is 195 g/mol. The summed E-state index contributed by atoms with van der Waals surface area (Å²) in [5.41, 5.74) is 0.0120. The van der Waals surface area contributed by atoms with Crippen molar-refractivity contribution in [2.75, 3.05) is 0 Å². The second-order valence-corrected chi connectivity index (χ2v) is 3.79. The first-order valence-corrected chi connectivity index (χ1v) is 4.93. The first-order chi connectivity index (χ1) is 6.75. The minimum atomic E-state index is -1.02.